The van der Waals surface area contributed by atoms with Crippen LogP contribution >= 0.6 is 7.82 Å². The molecular formula is C16H28O14P-. The van der Waals surface area contributed by atoms with Gasteiger partial charge >= 0.3 is 5.97 Å². The second kappa shape index (κ2) is 10.0. The molecule has 0 aromatic heterocycles. The third-order valence-corrected chi connectivity index (χ3v) is 6.41. The molecule has 15 heteroatoms. The standard InChI is InChI=1S/C16H29O14P/c1-6-8(18)3-16(15(23)24,29-14(6)12(21)9(19)4-17)30-31(25,26)27-5-10-13(22)11(20)7(2)28-10/h6-14,17-22H,3-5H2,1-2H3,(H,23,24)(H,25,26)/p-1. The van der Waals surface area contributed by atoms with E-state index in [0.717, 1.165) is 0 Å². The van der Waals surface area contributed by atoms with Crippen molar-refractivity contribution in [2.75, 3.05) is 13.2 Å². The van der Waals surface area contributed by atoms with Crippen LogP contribution in [-0.2, 0) is 27.9 Å². The van der Waals surface area contributed by atoms with Crippen LogP contribution < -0.4 is 4.89 Å². The van der Waals surface area contributed by atoms with E-state index < -0.39 is 94.0 Å². The van der Waals surface area contributed by atoms with E-state index in [2.05, 4.69) is 9.05 Å². The molecule has 0 aromatic rings. The molecule has 2 heterocycles. The molecule has 31 heavy (non-hydrogen) atoms. The van der Waals surface area contributed by atoms with Gasteiger partial charge in [0.15, 0.2) is 0 Å². The van der Waals surface area contributed by atoms with E-state index in [1.54, 1.807) is 0 Å². The Kier molecular flexibility index (Phi) is 8.58. The lowest BCUT2D eigenvalue weighted by Gasteiger charge is -2.46. The maximum atomic E-state index is 12.3. The average Bonchev–Trinajstić information content (AvgIpc) is 2.94. The molecule has 2 saturated heterocycles. The van der Waals surface area contributed by atoms with Crippen LogP contribution in [0.4, 0.5) is 0 Å². The van der Waals surface area contributed by atoms with Crippen LogP contribution in [0.5, 0.6) is 0 Å². The number of carboxylic acids is 1. The molecule has 2 fully saturated rings. The summed E-state index contributed by atoms with van der Waals surface area (Å²) in [6, 6.07) is 0. The molecule has 0 bridgehead atoms. The molecule has 0 aliphatic carbocycles. The molecule has 11 unspecified atom stereocenters. The van der Waals surface area contributed by atoms with Gasteiger partial charge in [-0.2, -0.15) is 0 Å². The Hall–Kier alpha value is -0.740. The molecule has 182 valence electrons. The van der Waals surface area contributed by atoms with Crippen LogP contribution in [0, 0.1) is 5.92 Å². The van der Waals surface area contributed by atoms with Gasteiger partial charge in [-0.25, -0.2) is 4.79 Å². The molecule has 2 aliphatic heterocycles. The molecule has 2 aliphatic rings. The van der Waals surface area contributed by atoms with E-state index >= 15 is 0 Å². The molecule has 0 spiro atoms. The van der Waals surface area contributed by atoms with E-state index in [1.165, 1.54) is 13.8 Å². The molecule has 0 aromatic carbocycles. The van der Waals surface area contributed by atoms with Crippen molar-refractivity contribution < 1.29 is 68.5 Å². The van der Waals surface area contributed by atoms with Crippen LogP contribution in [-0.4, -0.2) is 110 Å². The van der Waals surface area contributed by atoms with Crippen molar-refractivity contribution in [1.29, 1.82) is 0 Å². The quantitative estimate of drug-likeness (QED) is 0.159. The maximum absolute atomic E-state index is 12.3. The number of aliphatic hydroxyl groups excluding tert-OH is 6. The maximum Gasteiger partial charge on any atom is 0.364 e. The lowest BCUT2D eigenvalue weighted by atomic mass is 9.85. The first-order valence-electron chi connectivity index (χ1n) is 9.49. The van der Waals surface area contributed by atoms with Crippen LogP contribution in [0.1, 0.15) is 20.3 Å². The minimum atomic E-state index is -5.47. The van der Waals surface area contributed by atoms with Crippen LogP contribution in [0.15, 0.2) is 0 Å². The highest BCUT2D eigenvalue weighted by Gasteiger charge is 2.56. The van der Waals surface area contributed by atoms with Crippen molar-refractivity contribution in [3.63, 3.8) is 0 Å². The van der Waals surface area contributed by atoms with Gasteiger partial charge in [-0.05, 0) is 6.92 Å². The fourth-order valence-corrected chi connectivity index (χ4v) is 4.38. The van der Waals surface area contributed by atoms with Gasteiger partial charge in [-0.15, -0.1) is 0 Å². The zero-order valence-corrected chi connectivity index (χ0v) is 17.6. The summed E-state index contributed by atoms with van der Waals surface area (Å²) in [5, 5.41) is 68.0. The van der Waals surface area contributed by atoms with E-state index in [0.29, 0.717) is 0 Å². The number of phosphoric acid groups is 1. The Morgan fingerprint density at radius 3 is 2.35 bits per heavy atom. The Balaban J connectivity index is 2.17. The Bertz CT molecular complexity index is 677. The fourth-order valence-electron chi connectivity index (χ4n) is 3.44. The number of aliphatic hydroxyl groups is 6. The van der Waals surface area contributed by atoms with Gasteiger partial charge in [0, 0.05) is 12.3 Å². The minimum absolute atomic E-state index is 0.806. The summed E-state index contributed by atoms with van der Waals surface area (Å²) in [7, 11) is -5.47. The van der Waals surface area contributed by atoms with Crippen molar-refractivity contribution in [3.8, 4) is 0 Å². The topological polar surface area (TPSA) is 236 Å². The van der Waals surface area contributed by atoms with Gasteiger partial charge in [-0.1, -0.05) is 6.92 Å². The summed E-state index contributed by atoms with van der Waals surface area (Å²) < 4.78 is 31.9. The highest BCUT2D eigenvalue weighted by atomic mass is 31.2. The number of hydrogen-bond donors (Lipinski definition) is 7. The number of ether oxygens (including phenoxy) is 2. The van der Waals surface area contributed by atoms with E-state index in [9.17, 15) is 44.9 Å². The summed E-state index contributed by atoms with van der Waals surface area (Å²) in [5.74, 6) is -5.94. The second-order valence-corrected chi connectivity index (χ2v) is 9.04. The number of carboxylic acid groups (broad SMARTS) is 1. The van der Waals surface area contributed by atoms with Gasteiger partial charge in [0.1, 0.15) is 30.5 Å². The summed E-state index contributed by atoms with van der Waals surface area (Å²) in [4.78, 5) is 24.1. The van der Waals surface area contributed by atoms with Crippen LogP contribution in [0.2, 0.25) is 0 Å². The molecule has 0 amide bonds. The highest BCUT2D eigenvalue weighted by molar-refractivity contribution is 7.45. The van der Waals surface area contributed by atoms with Crippen molar-refractivity contribution in [3.05, 3.63) is 0 Å². The van der Waals surface area contributed by atoms with E-state index in [4.69, 9.17) is 14.6 Å². The minimum Gasteiger partial charge on any atom is -0.756 e. The van der Waals surface area contributed by atoms with Gasteiger partial charge in [0.2, 0.25) is 0 Å². The number of aliphatic carboxylic acids is 1. The molecule has 7 N–H and O–H groups in total. The summed E-state index contributed by atoms with van der Waals surface area (Å²) in [5.41, 5.74) is 0. The number of rotatable bonds is 9. The van der Waals surface area contributed by atoms with Crippen molar-refractivity contribution in [1.82, 2.24) is 0 Å². The van der Waals surface area contributed by atoms with Crippen LogP contribution in [0.25, 0.3) is 0 Å². The van der Waals surface area contributed by atoms with Gasteiger partial charge in [-0.3, -0.25) is 9.09 Å². The molecule has 0 radical (unpaired) electrons. The van der Waals surface area contributed by atoms with Gasteiger partial charge in [0.25, 0.3) is 13.6 Å². The number of carbonyl (C=O) groups is 1. The summed E-state index contributed by atoms with van der Waals surface area (Å²) in [6.07, 6.45) is -12.5. The molecule has 11 atom stereocenters. The first-order valence-corrected chi connectivity index (χ1v) is 10.9. The first kappa shape index (κ1) is 26.5. The predicted octanol–water partition coefficient (Wildman–Crippen LogP) is -3.72. The first-order chi connectivity index (χ1) is 14.2. The van der Waals surface area contributed by atoms with E-state index in [-0.39, 0.29) is 0 Å². The largest absolute Gasteiger partial charge is 0.756 e. The zero-order valence-electron chi connectivity index (χ0n) is 16.8. The second-order valence-electron chi connectivity index (χ2n) is 7.71. The Morgan fingerprint density at radius 1 is 1.26 bits per heavy atom. The molecule has 0 saturated carbocycles. The van der Waals surface area contributed by atoms with Crippen LogP contribution in [0.3, 0.4) is 0 Å². The SMILES string of the molecule is CC1OC(COP(=O)([O-])OC2(C(=O)O)CC(O)C(C)C(C(O)C(O)CO)O2)C(O)C1O. The fraction of sp³-hybridized carbons (Fsp3) is 0.938. The van der Waals surface area contributed by atoms with Crippen molar-refractivity contribution in [2.45, 2.75) is 74.9 Å². The van der Waals surface area contributed by atoms with Crippen molar-refractivity contribution in [2.24, 2.45) is 5.92 Å². The van der Waals surface area contributed by atoms with Crippen molar-refractivity contribution >= 4 is 13.8 Å². The van der Waals surface area contributed by atoms with E-state index in [1.807, 2.05) is 0 Å². The summed E-state index contributed by atoms with van der Waals surface area (Å²) in [6.45, 7) is 1.06. The molecule has 14 nitrogen and oxygen atoms in total. The lowest BCUT2D eigenvalue weighted by molar-refractivity contribution is -0.318. The molecule has 2 rings (SSSR count). The zero-order chi connectivity index (χ0) is 23.7. The normalized spacial score (nSPS) is 42.7. The Morgan fingerprint density at radius 2 is 1.87 bits per heavy atom. The van der Waals surface area contributed by atoms with Gasteiger partial charge in [0.05, 0.1) is 31.5 Å². The summed E-state index contributed by atoms with van der Waals surface area (Å²) >= 11 is 0. The number of phosphoric ester groups is 1. The monoisotopic (exact) mass is 475 g/mol. The number of hydrogen-bond acceptors (Lipinski definition) is 13. The third-order valence-electron chi connectivity index (χ3n) is 5.43. The van der Waals surface area contributed by atoms with Gasteiger partial charge < -0.3 is 54.6 Å². The smallest absolute Gasteiger partial charge is 0.364 e. The molecular weight excluding hydrogens is 447 g/mol. The average molecular weight is 475 g/mol. The Labute approximate surface area is 177 Å². The highest BCUT2D eigenvalue weighted by Crippen LogP contribution is 2.49. The lowest BCUT2D eigenvalue weighted by Crippen LogP contribution is -2.61. The third kappa shape index (κ3) is 5.79. The predicted molar refractivity (Wildman–Crippen MR) is 95.1 cm³/mol.